The Hall–Kier alpha value is -2.99. The average molecular weight is 370 g/mol. The van der Waals surface area contributed by atoms with Crippen LogP contribution >= 0.6 is 0 Å². The molecular formula is C21H22O6. The van der Waals surface area contributed by atoms with Crippen molar-refractivity contribution in [3.8, 4) is 23.0 Å². The fourth-order valence-corrected chi connectivity index (χ4v) is 3.08. The number of benzene rings is 2. The van der Waals surface area contributed by atoms with E-state index >= 15 is 0 Å². The van der Waals surface area contributed by atoms with Gasteiger partial charge in [0, 0.05) is 11.6 Å². The highest BCUT2D eigenvalue weighted by atomic mass is 16.5. The van der Waals surface area contributed by atoms with Crippen molar-refractivity contribution in [2.75, 3.05) is 13.7 Å². The van der Waals surface area contributed by atoms with Crippen molar-refractivity contribution in [1.82, 2.24) is 0 Å². The Labute approximate surface area is 157 Å². The maximum Gasteiger partial charge on any atom is 0.174 e. The molecule has 0 amide bonds. The molecule has 3 rings (SSSR count). The first kappa shape index (κ1) is 18.8. The second kappa shape index (κ2) is 7.72. The van der Waals surface area contributed by atoms with Crippen LogP contribution in [0.1, 0.15) is 40.9 Å². The molecule has 6 heteroatoms. The fourth-order valence-electron chi connectivity index (χ4n) is 3.08. The SMILES string of the molecule is COc1cc(O)c(C/C=C(\C)CO)c2c1C(=O)C[C@H](c1ccc(O)cc1)O2. The molecule has 0 radical (unpaired) electrons. The molecule has 0 spiro atoms. The number of carbonyl (C=O) groups excluding carboxylic acids is 1. The second-order valence-corrected chi connectivity index (χ2v) is 6.52. The van der Waals surface area contributed by atoms with E-state index in [4.69, 9.17) is 9.47 Å². The number of rotatable bonds is 5. The largest absolute Gasteiger partial charge is 0.508 e. The van der Waals surface area contributed by atoms with E-state index in [-0.39, 0.29) is 36.1 Å². The summed E-state index contributed by atoms with van der Waals surface area (Å²) in [5.74, 6) is 0.513. The molecule has 1 heterocycles. The minimum atomic E-state index is -0.529. The number of Topliss-reactive ketones (excluding diaryl/α,β-unsaturated/α-hetero) is 1. The van der Waals surface area contributed by atoms with Crippen molar-refractivity contribution in [2.24, 2.45) is 0 Å². The number of hydrogen-bond donors (Lipinski definition) is 3. The van der Waals surface area contributed by atoms with E-state index in [9.17, 15) is 20.1 Å². The summed E-state index contributed by atoms with van der Waals surface area (Å²) in [6.45, 7) is 1.69. The zero-order chi connectivity index (χ0) is 19.6. The molecule has 1 aliphatic rings. The van der Waals surface area contributed by atoms with Crippen LogP contribution in [0.25, 0.3) is 0 Å². The van der Waals surface area contributed by atoms with Gasteiger partial charge in [0.25, 0.3) is 0 Å². The van der Waals surface area contributed by atoms with E-state index in [2.05, 4.69) is 0 Å². The molecule has 6 nitrogen and oxygen atoms in total. The summed E-state index contributed by atoms with van der Waals surface area (Å²) in [4.78, 5) is 12.8. The molecule has 3 N–H and O–H groups in total. The predicted octanol–water partition coefficient (Wildman–Crippen LogP) is 3.29. The normalized spacial score (nSPS) is 16.6. The first-order chi connectivity index (χ1) is 12.9. The minimum absolute atomic E-state index is 0.0354. The van der Waals surface area contributed by atoms with Gasteiger partial charge >= 0.3 is 0 Å². The quantitative estimate of drug-likeness (QED) is 0.699. The number of aliphatic hydroxyl groups excluding tert-OH is 1. The summed E-state index contributed by atoms with van der Waals surface area (Å²) in [5, 5.41) is 29.1. The van der Waals surface area contributed by atoms with E-state index in [1.807, 2.05) is 0 Å². The van der Waals surface area contributed by atoms with Gasteiger partial charge in [0.1, 0.15) is 34.7 Å². The van der Waals surface area contributed by atoms with Crippen molar-refractivity contribution in [3.05, 3.63) is 58.7 Å². The monoisotopic (exact) mass is 370 g/mol. The predicted molar refractivity (Wildman–Crippen MR) is 99.6 cm³/mol. The van der Waals surface area contributed by atoms with Gasteiger partial charge in [0.15, 0.2) is 5.78 Å². The third-order valence-corrected chi connectivity index (χ3v) is 4.62. The van der Waals surface area contributed by atoms with Crippen molar-refractivity contribution in [1.29, 1.82) is 0 Å². The molecule has 2 aromatic carbocycles. The Kier molecular flexibility index (Phi) is 5.37. The van der Waals surface area contributed by atoms with Crippen molar-refractivity contribution in [2.45, 2.75) is 25.9 Å². The molecule has 0 bridgehead atoms. The Balaban J connectivity index is 2.07. The molecule has 1 aliphatic heterocycles. The van der Waals surface area contributed by atoms with E-state index < -0.39 is 6.10 Å². The van der Waals surface area contributed by atoms with Gasteiger partial charge in [-0.05, 0) is 31.0 Å². The van der Waals surface area contributed by atoms with Crippen LogP contribution in [0.3, 0.4) is 0 Å². The fraction of sp³-hybridized carbons (Fsp3) is 0.286. The van der Waals surface area contributed by atoms with Crippen LogP contribution in [0.5, 0.6) is 23.0 Å². The third-order valence-electron chi connectivity index (χ3n) is 4.62. The average Bonchev–Trinajstić information content (AvgIpc) is 2.66. The number of aliphatic hydroxyl groups is 1. The highest BCUT2D eigenvalue weighted by molar-refractivity contribution is 6.03. The number of carbonyl (C=O) groups is 1. The zero-order valence-electron chi connectivity index (χ0n) is 15.2. The van der Waals surface area contributed by atoms with E-state index in [0.29, 0.717) is 23.3 Å². The highest BCUT2D eigenvalue weighted by Crippen LogP contribution is 2.46. The maximum absolute atomic E-state index is 12.8. The molecule has 0 unspecified atom stereocenters. The van der Waals surface area contributed by atoms with Gasteiger partial charge in [-0.15, -0.1) is 0 Å². The van der Waals surface area contributed by atoms with Crippen LogP contribution in [0.15, 0.2) is 42.0 Å². The van der Waals surface area contributed by atoms with Gasteiger partial charge in [-0.25, -0.2) is 0 Å². The lowest BCUT2D eigenvalue weighted by Gasteiger charge is -2.29. The third kappa shape index (κ3) is 3.75. The zero-order valence-corrected chi connectivity index (χ0v) is 15.2. The van der Waals surface area contributed by atoms with Crippen LogP contribution in [0, 0.1) is 0 Å². The first-order valence-corrected chi connectivity index (χ1v) is 8.62. The number of hydrogen-bond acceptors (Lipinski definition) is 6. The Morgan fingerprint density at radius 1 is 1.30 bits per heavy atom. The topological polar surface area (TPSA) is 96.2 Å². The summed E-state index contributed by atoms with van der Waals surface area (Å²) in [7, 11) is 1.43. The van der Waals surface area contributed by atoms with Crippen LogP contribution in [0.4, 0.5) is 0 Å². The van der Waals surface area contributed by atoms with E-state index in [1.54, 1.807) is 25.1 Å². The minimum Gasteiger partial charge on any atom is -0.508 e. The van der Waals surface area contributed by atoms with Crippen LogP contribution < -0.4 is 9.47 Å². The summed E-state index contributed by atoms with van der Waals surface area (Å²) in [6, 6.07) is 7.89. The number of phenols is 2. The number of phenolic OH excluding ortho intramolecular Hbond substituents is 2. The molecule has 0 saturated heterocycles. The molecule has 0 aromatic heterocycles. The Morgan fingerprint density at radius 3 is 2.63 bits per heavy atom. The number of aromatic hydroxyl groups is 2. The number of ether oxygens (including phenoxy) is 2. The van der Waals surface area contributed by atoms with Gasteiger partial charge in [0.2, 0.25) is 0 Å². The molecule has 1 atom stereocenters. The van der Waals surface area contributed by atoms with Crippen molar-refractivity contribution < 1.29 is 29.6 Å². The van der Waals surface area contributed by atoms with Crippen molar-refractivity contribution >= 4 is 5.78 Å². The molecule has 0 aliphatic carbocycles. The van der Waals surface area contributed by atoms with E-state index in [1.165, 1.54) is 25.3 Å². The van der Waals surface area contributed by atoms with Crippen LogP contribution in [-0.2, 0) is 6.42 Å². The molecule has 27 heavy (non-hydrogen) atoms. The van der Waals surface area contributed by atoms with Gasteiger partial charge < -0.3 is 24.8 Å². The summed E-state index contributed by atoms with van der Waals surface area (Å²) in [5.41, 5.74) is 2.28. The molecule has 142 valence electrons. The van der Waals surface area contributed by atoms with Crippen molar-refractivity contribution in [3.63, 3.8) is 0 Å². The Morgan fingerprint density at radius 2 is 2.00 bits per heavy atom. The molecule has 0 saturated carbocycles. The highest BCUT2D eigenvalue weighted by Gasteiger charge is 2.33. The van der Waals surface area contributed by atoms with Gasteiger partial charge in [-0.2, -0.15) is 0 Å². The van der Waals surface area contributed by atoms with E-state index in [0.717, 1.165) is 11.1 Å². The van der Waals surface area contributed by atoms with Crippen LogP contribution in [0.2, 0.25) is 0 Å². The standard InChI is InChI=1S/C21H22O6/c1-12(11-22)3-8-15-16(24)9-19(26-2)20-17(25)10-18(27-21(15)20)13-4-6-14(23)7-5-13/h3-7,9,18,22-24H,8,10-11H2,1-2H3/b12-3+/t18-/m1/s1. The number of allylic oxidation sites excluding steroid dienone is 1. The number of methoxy groups -OCH3 is 1. The Bertz CT molecular complexity index is 883. The lowest BCUT2D eigenvalue weighted by atomic mass is 9.92. The summed E-state index contributed by atoms with van der Waals surface area (Å²) < 4.78 is 11.4. The van der Waals surface area contributed by atoms with Gasteiger partial charge in [-0.3, -0.25) is 4.79 Å². The maximum atomic E-state index is 12.8. The molecular weight excluding hydrogens is 348 g/mol. The second-order valence-electron chi connectivity index (χ2n) is 6.52. The summed E-state index contributed by atoms with van der Waals surface area (Å²) in [6.07, 6.45) is 1.68. The van der Waals surface area contributed by atoms with Crippen LogP contribution in [-0.4, -0.2) is 34.8 Å². The number of fused-ring (bicyclic) bond motifs is 1. The van der Waals surface area contributed by atoms with Gasteiger partial charge in [-0.1, -0.05) is 23.8 Å². The molecule has 2 aromatic rings. The lowest BCUT2D eigenvalue weighted by molar-refractivity contribution is 0.0842. The lowest BCUT2D eigenvalue weighted by Crippen LogP contribution is -2.22. The summed E-state index contributed by atoms with van der Waals surface area (Å²) >= 11 is 0. The van der Waals surface area contributed by atoms with Gasteiger partial charge in [0.05, 0.1) is 20.1 Å². The first-order valence-electron chi connectivity index (χ1n) is 8.62. The number of ketones is 1. The smallest absolute Gasteiger partial charge is 0.174 e. The molecule has 0 fully saturated rings.